The van der Waals surface area contributed by atoms with Gasteiger partial charge in [0.05, 0.1) is 11.8 Å². The molecule has 1 N–H and O–H groups in total. The minimum atomic E-state index is -0.510. The van der Waals surface area contributed by atoms with Crippen LogP contribution in [0, 0.1) is 17.2 Å². The van der Waals surface area contributed by atoms with Crippen molar-refractivity contribution in [1.29, 1.82) is 0 Å². The number of likely N-dealkylation sites (tertiary alicyclic amines) is 1. The lowest BCUT2D eigenvalue weighted by molar-refractivity contribution is -0.127. The molecule has 5 nitrogen and oxygen atoms in total. The van der Waals surface area contributed by atoms with Crippen LogP contribution in [0.2, 0.25) is 0 Å². The zero-order chi connectivity index (χ0) is 15.7. The summed E-state index contributed by atoms with van der Waals surface area (Å²) in [7, 11) is 1.66. The van der Waals surface area contributed by atoms with Crippen LogP contribution in [0.25, 0.3) is 0 Å². The molecule has 1 spiro atoms. The molecule has 2 aliphatic rings. The Bertz CT molecular complexity index is 607. The monoisotopic (exact) mass is 305 g/mol. The summed E-state index contributed by atoms with van der Waals surface area (Å²) < 4.78 is 13.2. The Morgan fingerprint density at radius 1 is 1.41 bits per heavy atom. The molecule has 0 radical (unpaired) electrons. The molecule has 1 saturated carbocycles. The van der Waals surface area contributed by atoms with Gasteiger partial charge in [-0.25, -0.2) is 4.39 Å². The van der Waals surface area contributed by atoms with E-state index in [1.807, 2.05) is 0 Å². The molecular formula is C16H20FN3O2. The van der Waals surface area contributed by atoms with Crippen molar-refractivity contribution in [2.24, 2.45) is 11.3 Å². The van der Waals surface area contributed by atoms with Gasteiger partial charge in [0.1, 0.15) is 5.82 Å². The van der Waals surface area contributed by atoms with Crippen LogP contribution < -0.4 is 5.32 Å². The molecule has 22 heavy (non-hydrogen) atoms. The summed E-state index contributed by atoms with van der Waals surface area (Å²) in [6, 6.07) is 1.21. The number of halogens is 1. The molecule has 0 unspecified atom stereocenters. The van der Waals surface area contributed by atoms with Gasteiger partial charge in [0.2, 0.25) is 5.91 Å². The largest absolute Gasteiger partial charge is 0.359 e. The number of carbonyl (C=O) groups excluding carboxylic acids is 2. The number of amides is 2. The van der Waals surface area contributed by atoms with Crippen molar-refractivity contribution in [3.05, 3.63) is 29.8 Å². The first kappa shape index (κ1) is 14.9. The molecule has 1 aliphatic carbocycles. The third-order valence-corrected chi connectivity index (χ3v) is 5.09. The van der Waals surface area contributed by atoms with Gasteiger partial charge in [-0.15, -0.1) is 0 Å². The molecule has 0 aromatic carbocycles. The van der Waals surface area contributed by atoms with Crippen molar-refractivity contribution in [1.82, 2.24) is 15.2 Å². The average Bonchev–Trinajstić information content (AvgIpc) is 3.13. The van der Waals surface area contributed by atoms with Crippen molar-refractivity contribution >= 4 is 11.8 Å². The Hall–Kier alpha value is -1.98. The van der Waals surface area contributed by atoms with Gasteiger partial charge in [0.15, 0.2) is 0 Å². The maximum atomic E-state index is 13.2. The summed E-state index contributed by atoms with van der Waals surface area (Å²) in [6.07, 6.45) is 6.17. The van der Waals surface area contributed by atoms with E-state index in [-0.39, 0.29) is 28.7 Å². The fourth-order valence-corrected chi connectivity index (χ4v) is 3.99. The number of rotatable bonds is 2. The normalized spacial score (nSPS) is 27.4. The lowest BCUT2D eigenvalue weighted by Gasteiger charge is -2.30. The Labute approximate surface area is 128 Å². The topological polar surface area (TPSA) is 62.3 Å². The smallest absolute Gasteiger partial charge is 0.255 e. The highest BCUT2D eigenvalue weighted by Gasteiger charge is 2.51. The predicted molar refractivity (Wildman–Crippen MR) is 78.6 cm³/mol. The zero-order valence-corrected chi connectivity index (χ0v) is 12.6. The Balaban J connectivity index is 1.77. The lowest BCUT2D eigenvalue weighted by Crippen LogP contribution is -2.40. The second-order valence-corrected chi connectivity index (χ2v) is 6.29. The lowest BCUT2D eigenvalue weighted by atomic mass is 9.76. The molecular weight excluding hydrogens is 285 g/mol. The van der Waals surface area contributed by atoms with E-state index in [2.05, 4.69) is 10.3 Å². The van der Waals surface area contributed by atoms with E-state index in [0.717, 1.165) is 31.9 Å². The molecule has 1 aromatic rings. The number of hydrogen-bond donors (Lipinski definition) is 1. The van der Waals surface area contributed by atoms with Gasteiger partial charge in [0, 0.05) is 37.7 Å². The highest BCUT2D eigenvalue weighted by molar-refractivity contribution is 5.94. The third-order valence-electron chi connectivity index (χ3n) is 5.09. The van der Waals surface area contributed by atoms with Gasteiger partial charge >= 0.3 is 0 Å². The standard InChI is InChI=1S/C16H20FN3O2/c1-18-14(21)13-3-2-4-16(13)5-6-20(10-16)15(22)11-7-12(17)9-19-8-11/h7-9,13H,2-6,10H2,1H3,(H,18,21)/t13-,16+/m0/s1. The van der Waals surface area contributed by atoms with Gasteiger partial charge in [0.25, 0.3) is 5.91 Å². The highest BCUT2D eigenvalue weighted by Crippen LogP contribution is 2.50. The van der Waals surface area contributed by atoms with Crippen LogP contribution in [0.15, 0.2) is 18.5 Å². The fourth-order valence-electron chi connectivity index (χ4n) is 3.99. The van der Waals surface area contributed by atoms with Crippen LogP contribution in [0.4, 0.5) is 4.39 Å². The van der Waals surface area contributed by atoms with Crippen LogP contribution in [0.3, 0.4) is 0 Å². The highest BCUT2D eigenvalue weighted by atomic mass is 19.1. The first-order valence-electron chi connectivity index (χ1n) is 7.67. The summed E-state index contributed by atoms with van der Waals surface area (Å²) in [6.45, 7) is 1.18. The summed E-state index contributed by atoms with van der Waals surface area (Å²) >= 11 is 0. The number of pyridine rings is 1. The van der Waals surface area contributed by atoms with Crippen molar-refractivity contribution in [2.75, 3.05) is 20.1 Å². The number of nitrogens with one attached hydrogen (secondary N) is 1. The molecule has 1 aliphatic heterocycles. The van der Waals surface area contributed by atoms with Crippen LogP contribution in [0.5, 0.6) is 0 Å². The molecule has 3 rings (SSSR count). The van der Waals surface area contributed by atoms with Crippen molar-refractivity contribution in [3.8, 4) is 0 Å². The molecule has 0 bridgehead atoms. The maximum Gasteiger partial charge on any atom is 0.255 e. The molecule has 1 saturated heterocycles. The van der Waals surface area contributed by atoms with Crippen LogP contribution >= 0.6 is 0 Å². The number of carbonyl (C=O) groups is 2. The van der Waals surface area contributed by atoms with Gasteiger partial charge in [-0.1, -0.05) is 6.42 Å². The van der Waals surface area contributed by atoms with Crippen molar-refractivity contribution in [3.63, 3.8) is 0 Å². The van der Waals surface area contributed by atoms with E-state index in [1.54, 1.807) is 11.9 Å². The third kappa shape index (κ3) is 2.46. The van der Waals surface area contributed by atoms with Crippen molar-refractivity contribution < 1.29 is 14.0 Å². The molecule has 2 amide bonds. The van der Waals surface area contributed by atoms with E-state index in [1.165, 1.54) is 12.3 Å². The van der Waals surface area contributed by atoms with E-state index in [0.29, 0.717) is 13.1 Å². The Morgan fingerprint density at radius 3 is 2.95 bits per heavy atom. The molecule has 118 valence electrons. The van der Waals surface area contributed by atoms with Crippen LogP contribution in [-0.2, 0) is 4.79 Å². The van der Waals surface area contributed by atoms with Crippen LogP contribution in [-0.4, -0.2) is 41.8 Å². The van der Waals surface area contributed by atoms with E-state index in [9.17, 15) is 14.0 Å². The minimum absolute atomic E-state index is 0.0269. The molecule has 6 heteroatoms. The van der Waals surface area contributed by atoms with E-state index in [4.69, 9.17) is 0 Å². The predicted octanol–water partition coefficient (Wildman–Crippen LogP) is 1.60. The maximum absolute atomic E-state index is 13.2. The van der Waals surface area contributed by atoms with Gasteiger partial charge in [-0.2, -0.15) is 0 Å². The Morgan fingerprint density at radius 2 is 2.23 bits per heavy atom. The number of nitrogens with zero attached hydrogens (tertiary/aromatic N) is 2. The number of aromatic nitrogens is 1. The first-order valence-corrected chi connectivity index (χ1v) is 7.67. The summed E-state index contributed by atoms with van der Waals surface area (Å²) in [4.78, 5) is 30.1. The van der Waals surface area contributed by atoms with Gasteiger partial charge in [-0.05, 0) is 25.3 Å². The van der Waals surface area contributed by atoms with Crippen LogP contribution in [0.1, 0.15) is 36.0 Å². The Kier molecular flexibility index (Phi) is 3.85. The number of hydrogen-bond acceptors (Lipinski definition) is 3. The molecule has 2 heterocycles. The van der Waals surface area contributed by atoms with E-state index >= 15 is 0 Å². The van der Waals surface area contributed by atoms with Gasteiger partial charge < -0.3 is 10.2 Å². The minimum Gasteiger partial charge on any atom is -0.359 e. The van der Waals surface area contributed by atoms with E-state index < -0.39 is 5.82 Å². The zero-order valence-electron chi connectivity index (χ0n) is 12.6. The summed E-state index contributed by atoms with van der Waals surface area (Å²) in [5, 5.41) is 2.74. The summed E-state index contributed by atoms with van der Waals surface area (Å²) in [5.41, 5.74) is 0.155. The second-order valence-electron chi connectivity index (χ2n) is 6.29. The van der Waals surface area contributed by atoms with Gasteiger partial charge in [-0.3, -0.25) is 14.6 Å². The first-order chi connectivity index (χ1) is 10.6. The molecule has 2 atom stereocenters. The fraction of sp³-hybridized carbons (Fsp3) is 0.562. The SMILES string of the molecule is CNC(=O)[C@@H]1CCC[C@]12CCN(C(=O)c1cncc(F)c1)C2. The molecule has 2 fully saturated rings. The van der Waals surface area contributed by atoms with Crippen molar-refractivity contribution in [2.45, 2.75) is 25.7 Å². The summed E-state index contributed by atoms with van der Waals surface area (Å²) in [5.74, 6) is -0.671. The second kappa shape index (κ2) is 5.66. The quantitative estimate of drug-likeness (QED) is 0.903. The molecule has 1 aromatic heterocycles. The average molecular weight is 305 g/mol.